The Morgan fingerprint density at radius 3 is 2.41 bits per heavy atom. The van der Waals surface area contributed by atoms with Crippen molar-refractivity contribution in [2.75, 3.05) is 11.5 Å². The quantitative estimate of drug-likeness (QED) is 0.303. The summed E-state index contributed by atoms with van der Waals surface area (Å²) < 4.78 is 13.1. The van der Waals surface area contributed by atoms with E-state index in [-0.39, 0.29) is 23.2 Å². The van der Waals surface area contributed by atoms with Crippen molar-refractivity contribution in [3.05, 3.63) is 76.8 Å². The molecule has 2 aromatic heterocycles. The number of imidazole rings is 1. The summed E-state index contributed by atoms with van der Waals surface area (Å²) in [6.45, 7) is 0. The minimum Gasteiger partial charge on any atom is -0.325 e. The van der Waals surface area contributed by atoms with Crippen LogP contribution < -0.4 is 10.9 Å². The molecule has 176 valence electrons. The molecule has 1 fully saturated rings. The van der Waals surface area contributed by atoms with Crippen LogP contribution in [0.15, 0.2) is 65.7 Å². The molecule has 1 aliphatic rings. The molecule has 34 heavy (non-hydrogen) atoms. The molecule has 10 heteroatoms. The molecule has 4 aromatic rings. The normalized spacial score (nSPS) is 18.8. The molecule has 5 rings (SSSR count). The van der Waals surface area contributed by atoms with E-state index in [2.05, 4.69) is 32.4 Å². The molecule has 4 N–H and O–H groups in total. The zero-order valence-corrected chi connectivity index (χ0v) is 19.4. The van der Waals surface area contributed by atoms with Crippen molar-refractivity contribution in [2.24, 2.45) is 5.92 Å². The van der Waals surface area contributed by atoms with Crippen LogP contribution in [-0.2, 0) is 4.57 Å². The molecule has 1 aliphatic carbocycles. The highest BCUT2D eigenvalue weighted by atomic mass is 31.2. The number of para-hydroxylation sites is 1. The van der Waals surface area contributed by atoms with E-state index in [4.69, 9.17) is 0 Å². The van der Waals surface area contributed by atoms with Crippen LogP contribution in [0.2, 0.25) is 0 Å². The number of H-pyrrole nitrogens is 1. The number of aromatic nitrogens is 4. The van der Waals surface area contributed by atoms with E-state index in [1.54, 1.807) is 0 Å². The van der Waals surface area contributed by atoms with Gasteiger partial charge in [0.25, 0.3) is 5.56 Å². The second kappa shape index (κ2) is 9.18. The second-order valence-corrected chi connectivity index (χ2v) is 10.5. The molecular formula is C24H26N5O4P. The summed E-state index contributed by atoms with van der Waals surface area (Å²) in [4.78, 5) is 42.3. The lowest BCUT2D eigenvalue weighted by molar-refractivity contribution is 0.316. The van der Waals surface area contributed by atoms with E-state index in [1.807, 2.05) is 47.0 Å². The molecule has 2 aromatic carbocycles. The van der Waals surface area contributed by atoms with E-state index >= 15 is 0 Å². The molecule has 0 radical (unpaired) electrons. The maximum atomic E-state index is 12.4. The van der Waals surface area contributed by atoms with Crippen LogP contribution in [0, 0.1) is 5.92 Å². The molecule has 0 saturated heterocycles. The Hall–Kier alpha value is -3.26. The first-order chi connectivity index (χ1) is 16.4. The van der Waals surface area contributed by atoms with Gasteiger partial charge in [-0.3, -0.25) is 13.9 Å². The lowest BCUT2D eigenvalue weighted by Crippen LogP contribution is -2.16. The number of rotatable bonds is 6. The zero-order chi connectivity index (χ0) is 23.7. The van der Waals surface area contributed by atoms with Crippen molar-refractivity contribution < 1.29 is 14.4 Å². The summed E-state index contributed by atoms with van der Waals surface area (Å²) >= 11 is 0. The molecular weight excluding hydrogens is 453 g/mol. The molecule has 2 heterocycles. The Morgan fingerprint density at radius 1 is 1.03 bits per heavy atom. The fraction of sp³-hybridized carbons (Fsp3) is 0.292. The number of anilines is 2. The van der Waals surface area contributed by atoms with E-state index in [1.165, 1.54) is 11.9 Å². The number of fused-ring (bicyclic) bond motifs is 1. The first-order valence-corrected chi connectivity index (χ1v) is 13.1. The smallest absolute Gasteiger partial charge is 0.325 e. The maximum absolute atomic E-state index is 12.4. The van der Waals surface area contributed by atoms with Crippen molar-refractivity contribution >= 4 is 30.4 Å². The molecule has 0 spiro atoms. The number of hydrogen-bond donors (Lipinski definition) is 4. The van der Waals surface area contributed by atoms with E-state index in [0.29, 0.717) is 17.5 Å². The van der Waals surface area contributed by atoms with Crippen LogP contribution in [-0.4, -0.2) is 35.5 Å². The minimum atomic E-state index is -3.96. The largest absolute Gasteiger partial charge is 0.325 e. The highest BCUT2D eigenvalue weighted by Crippen LogP contribution is 2.44. The van der Waals surface area contributed by atoms with Crippen molar-refractivity contribution in [1.29, 1.82) is 0 Å². The van der Waals surface area contributed by atoms with Gasteiger partial charge in [0.15, 0.2) is 11.2 Å². The van der Waals surface area contributed by atoms with Gasteiger partial charge in [0.05, 0.1) is 18.2 Å². The summed E-state index contributed by atoms with van der Waals surface area (Å²) in [7, 11) is -3.96. The highest BCUT2D eigenvalue weighted by molar-refractivity contribution is 7.51. The van der Waals surface area contributed by atoms with Gasteiger partial charge in [-0.05, 0) is 67.3 Å². The third-order valence-corrected chi connectivity index (χ3v) is 7.44. The Morgan fingerprint density at radius 2 is 1.74 bits per heavy atom. The molecule has 9 nitrogen and oxygen atoms in total. The Balaban J connectivity index is 1.42. The topological polar surface area (TPSA) is 133 Å². The van der Waals surface area contributed by atoms with Crippen LogP contribution in [0.4, 0.5) is 11.6 Å². The standard InChI is InChI=1S/C24H26N5O4P/c30-23-21-22(25-15-26-23)29(24(28-21)27-19-4-2-1-3-5-19)20-12-10-18(11-13-20)17-8-6-16(7-9-17)14-34(31,32)33/h1-5,10-13,15-17H,6-9,14H2,(H,27,28)(H,25,26,30)(H2,31,32,33). The monoisotopic (exact) mass is 479 g/mol. The average Bonchev–Trinajstić information content (AvgIpc) is 3.19. The van der Waals surface area contributed by atoms with Crippen molar-refractivity contribution in [2.45, 2.75) is 31.6 Å². The molecule has 0 amide bonds. The van der Waals surface area contributed by atoms with Gasteiger partial charge in [0.2, 0.25) is 5.95 Å². The third kappa shape index (κ3) is 4.82. The number of nitrogens with one attached hydrogen (secondary N) is 2. The first kappa shape index (κ1) is 22.5. The van der Waals surface area contributed by atoms with Gasteiger partial charge in [0, 0.05) is 5.69 Å². The van der Waals surface area contributed by atoms with Crippen LogP contribution in [0.25, 0.3) is 16.9 Å². The fourth-order valence-electron chi connectivity index (χ4n) is 4.79. The minimum absolute atomic E-state index is 0.0182. The Bertz CT molecular complexity index is 1390. The molecule has 1 saturated carbocycles. The molecule has 0 atom stereocenters. The van der Waals surface area contributed by atoms with Crippen molar-refractivity contribution in [3.8, 4) is 5.69 Å². The average molecular weight is 479 g/mol. The number of hydrogen-bond acceptors (Lipinski definition) is 5. The van der Waals surface area contributed by atoms with E-state index < -0.39 is 7.60 Å². The second-order valence-electron chi connectivity index (χ2n) is 8.82. The van der Waals surface area contributed by atoms with Crippen LogP contribution in [0.5, 0.6) is 0 Å². The summed E-state index contributed by atoms with van der Waals surface area (Å²) in [5, 5.41) is 3.28. The predicted octanol–water partition coefficient (Wildman–Crippen LogP) is 4.30. The SMILES string of the molecule is O=c1[nH]cnc2c1nc(Nc1ccccc1)n2-c1ccc(C2CCC(CP(=O)(O)O)CC2)cc1. The number of aromatic amines is 1. The van der Waals surface area contributed by atoms with Gasteiger partial charge in [-0.15, -0.1) is 0 Å². The predicted molar refractivity (Wildman–Crippen MR) is 131 cm³/mol. The van der Waals surface area contributed by atoms with Gasteiger partial charge in [0.1, 0.15) is 0 Å². The van der Waals surface area contributed by atoms with Gasteiger partial charge in [-0.1, -0.05) is 30.3 Å². The first-order valence-electron chi connectivity index (χ1n) is 11.3. The highest BCUT2D eigenvalue weighted by Gasteiger charge is 2.27. The van der Waals surface area contributed by atoms with Crippen LogP contribution >= 0.6 is 7.60 Å². The summed E-state index contributed by atoms with van der Waals surface area (Å²) in [5.74, 6) is 0.949. The molecule has 0 bridgehead atoms. The van der Waals surface area contributed by atoms with E-state index in [0.717, 1.165) is 37.1 Å². The molecule has 0 aliphatic heterocycles. The number of nitrogens with zero attached hydrogens (tertiary/aromatic N) is 3. The van der Waals surface area contributed by atoms with Gasteiger partial charge >= 0.3 is 7.60 Å². The third-order valence-electron chi connectivity index (χ3n) is 6.45. The van der Waals surface area contributed by atoms with Gasteiger partial charge < -0.3 is 20.1 Å². The lowest BCUT2D eigenvalue weighted by atomic mass is 9.79. The maximum Gasteiger partial charge on any atom is 0.325 e. The fourth-order valence-corrected chi connectivity index (χ4v) is 5.83. The summed E-state index contributed by atoms with van der Waals surface area (Å²) in [6, 6.07) is 17.8. The lowest BCUT2D eigenvalue weighted by Gasteiger charge is -2.29. The summed E-state index contributed by atoms with van der Waals surface area (Å²) in [6.07, 6.45) is 4.82. The number of benzene rings is 2. The summed E-state index contributed by atoms with van der Waals surface area (Å²) in [5.41, 5.74) is 3.30. The Kier molecular flexibility index (Phi) is 6.08. The van der Waals surface area contributed by atoms with Crippen molar-refractivity contribution in [1.82, 2.24) is 19.5 Å². The van der Waals surface area contributed by atoms with E-state index in [9.17, 15) is 19.1 Å². The zero-order valence-electron chi connectivity index (χ0n) is 18.5. The molecule has 0 unspecified atom stereocenters. The van der Waals surface area contributed by atoms with Crippen LogP contribution in [0.3, 0.4) is 0 Å². The van der Waals surface area contributed by atoms with Gasteiger partial charge in [-0.25, -0.2) is 9.97 Å². The Labute approximate surface area is 196 Å². The van der Waals surface area contributed by atoms with Gasteiger partial charge in [-0.2, -0.15) is 0 Å². The van der Waals surface area contributed by atoms with Crippen LogP contribution in [0.1, 0.15) is 37.2 Å². The van der Waals surface area contributed by atoms with Crippen molar-refractivity contribution in [3.63, 3.8) is 0 Å².